The Balaban J connectivity index is 3.20. The number of nitrogens with zero attached hydrogens (tertiary/aromatic N) is 4. The molecule has 2 heterocycles. The highest BCUT2D eigenvalue weighted by Gasteiger charge is 2.12. The molecule has 0 aliphatic heterocycles. The molecular formula is C8H10N4O2. The highest BCUT2D eigenvalue weighted by molar-refractivity contribution is 5.69. The summed E-state index contributed by atoms with van der Waals surface area (Å²) in [5.41, 5.74) is 0.300. The van der Waals surface area contributed by atoms with E-state index in [0.717, 1.165) is 0 Å². The van der Waals surface area contributed by atoms with Crippen LogP contribution in [0.4, 0.5) is 0 Å². The van der Waals surface area contributed by atoms with E-state index >= 15 is 0 Å². The second kappa shape index (κ2) is 2.57. The van der Waals surface area contributed by atoms with E-state index in [2.05, 4.69) is 4.98 Å². The van der Waals surface area contributed by atoms with Crippen molar-refractivity contribution in [3.8, 4) is 0 Å². The van der Waals surface area contributed by atoms with Crippen molar-refractivity contribution >= 4 is 11.2 Å². The minimum Gasteiger partial charge on any atom is -0.300 e. The molecule has 0 spiro atoms. The molecule has 2 aromatic rings. The molecule has 0 atom stereocenters. The van der Waals surface area contributed by atoms with Gasteiger partial charge in [0.05, 0.1) is 6.33 Å². The van der Waals surface area contributed by atoms with Gasteiger partial charge in [-0.3, -0.25) is 13.9 Å². The van der Waals surface area contributed by atoms with Gasteiger partial charge < -0.3 is 4.57 Å². The molecule has 74 valence electrons. The lowest BCUT2D eigenvalue weighted by atomic mass is 10.5. The van der Waals surface area contributed by atoms with Crippen LogP contribution in [0.5, 0.6) is 0 Å². The summed E-state index contributed by atoms with van der Waals surface area (Å²) < 4.78 is 4.02. The molecule has 0 N–H and O–H groups in total. The van der Waals surface area contributed by atoms with Crippen molar-refractivity contribution in [2.75, 3.05) is 0 Å². The van der Waals surface area contributed by atoms with Crippen molar-refractivity contribution in [2.24, 2.45) is 21.1 Å². The van der Waals surface area contributed by atoms with Gasteiger partial charge in [0.15, 0.2) is 11.2 Å². The van der Waals surface area contributed by atoms with Gasteiger partial charge in [-0.1, -0.05) is 0 Å². The molecule has 0 fully saturated rings. The molecular weight excluding hydrogens is 184 g/mol. The first kappa shape index (κ1) is 8.74. The van der Waals surface area contributed by atoms with E-state index < -0.39 is 0 Å². The topological polar surface area (TPSA) is 61.8 Å². The predicted octanol–water partition coefficient (Wildman–Crippen LogP) is -1.03. The zero-order chi connectivity index (χ0) is 10.5. The minimum atomic E-state index is -0.240. The molecule has 0 aliphatic rings. The first-order valence-electron chi connectivity index (χ1n) is 4.11. The summed E-state index contributed by atoms with van der Waals surface area (Å²) >= 11 is 0. The van der Waals surface area contributed by atoms with Gasteiger partial charge in [0.2, 0.25) is 0 Å². The first-order valence-corrected chi connectivity index (χ1v) is 4.11. The molecule has 0 bridgehead atoms. The number of hydrogen-bond acceptors (Lipinski definition) is 3. The van der Waals surface area contributed by atoms with E-state index in [1.807, 2.05) is 0 Å². The average molecular weight is 194 g/mol. The normalized spacial score (nSPS) is 11.1. The van der Waals surface area contributed by atoms with Gasteiger partial charge >= 0.3 is 5.69 Å². The summed E-state index contributed by atoms with van der Waals surface area (Å²) in [7, 11) is 4.76. The summed E-state index contributed by atoms with van der Waals surface area (Å²) in [6.45, 7) is 0. The number of aryl methyl sites for hydroxylation is 3. The zero-order valence-electron chi connectivity index (χ0n) is 8.18. The summed E-state index contributed by atoms with van der Waals surface area (Å²) in [6, 6.07) is 0. The number of aromatic nitrogens is 4. The second-order valence-corrected chi connectivity index (χ2v) is 3.23. The smallest absolute Gasteiger partial charge is 0.300 e. The minimum absolute atomic E-state index is 0.213. The van der Waals surface area contributed by atoms with Crippen LogP contribution in [0.1, 0.15) is 0 Å². The zero-order valence-corrected chi connectivity index (χ0v) is 8.18. The molecule has 0 saturated heterocycles. The van der Waals surface area contributed by atoms with Crippen molar-refractivity contribution in [1.82, 2.24) is 18.7 Å². The van der Waals surface area contributed by atoms with Crippen LogP contribution in [0, 0.1) is 0 Å². The quantitative estimate of drug-likeness (QED) is 0.538. The molecule has 0 aromatic carbocycles. The number of rotatable bonds is 0. The van der Waals surface area contributed by atoms with Crippen LogP contribution in [0.2, 0.25) is 0 Å². The van der Waals surface area contributed by atoms with E-state index in [4.69, 9.17) is 0 Å². The van der Waals surface area contributed by atoms with Crippen molar-refractivity contribution in [3.63, 3.8) is 0 Å². The Hall–Kier alpha value is -1.85. The Morgan fingerprint density at radius 1 is 1.14 bits per heavy atom. The highest BCUT2D eigenvalue weighted by Crippen LogP contribution is 2.00. The molecule has 0 amide bonds. The van der Waals surface area contributed by atoms with Crippen LogP contribution in [-0.4, -0.2) is 18.7 Å². The summed E-state index contributed by atoms with van der Waals surface area (Å²) in [6.07, 6.45) is 1.41. The Kier molecular flexibility index (Phi) is 1.60. The van der Waals surface area contributed by atoms with Crippen molar-refractivity contribution in [1.29, 1.82) is 0 Å². The average Bonchev–Trinajstić information content (AvgIpc) is 2.38. The Morgan fingerprint density at radius 2 is 1.79 bits per heavy atom. The van der Waals surface area contributed by atoms with Gasteiger partial charge in [-0.25, -0.2) is 9.78 Å². The number of imidazole rings is 1. The number of hydrogen-bond donors (Lipinski definition) is 0. The standard InChI is InChI=1S/C8H10N4O2/c1-10-4-9-6-5(7(10)13)11(2)8(14)12(6)3/h4H,1-3H3. The van der Waals surface area contributed by atoms with Gasteiger partial charge in [0.25, 0.3) is 5.56 Å². The van der Waals surface area contributed by atoms with E-state index in [0.29, 0.717) is 11.2 Å². The fourth-order valence-electron chi connectivity index (χ4n) is 1.47. The number of fused-ring (bicyclic) bond motifs is 1. The van der Waals surface area contributed by atoms with Crippen LogP contribution in [0.3, 0.4) is 0 Å². The predicted molar refractivity (Wildman–Crippen MR) is 51.2 cm³/mol. The largest absolute Gasteiger partial charge is 0.329 e. The third kappa shape index (κ3) is 0.876. The van der Waals surface area contributed by atoms with Crippen LogP contribution in [-0.2, 0) is 21.1 Å². The van der Waals surface area contributed by atoms with Gasteiger partial charge in [-0.05, 0) is 0 Å². The maximum atomic E-state index is 11.7. The van der Waals surface area contributed by atoms with E-state index in [-0.39, 0.29) is 11.2 Å². The SMILES string of the molecule is Cn1cnc2c(c1=O)n(C)c(=O)n2C. The molecule has 0 aliphatic carbocycles. The van der Waals surface area contributed by atoms with Crippen LogP contribution < -0.4 is 11.2 Å². The van der Waals surface area contributed by atoms with Crippen LogP contribution in [0.25, 0.3) is 11.2 Å². The first-order chi connectivity index (χ1) is 6.54. The fourth-order valence-corrected chi connectivity index (χ4v) is 1.47. The van der Waals surface area contributed by atoms with Crippen molar-refractivity contribution < 1.29 is 0 Å². The lowest BCUT2D eigenvalue weighted by Crippen LogP contribution is -2.22. The van der Waals surface area contributed by atoms with Gasteiger partial charge in [-0.15, -0.1) is 0 Å². The molecule has 0 radical (unpaired) electrons. The molecule has 0 unspecified atom stereocenters. The van der Waals surface area contributed by atoms with E-state index in [1.165, 1.54) is 20.0 Å². The van der Waals surface area contributed by atoms with E-state index in [9.17, 15) is 9.59 Å². The molecule has 2 aromatic heterocycles. The molecule has 2 rings (SSSR count). The van der Waals surface area contributed by atoms with Gasteiger partial charge in [-0.2, -0.15) is 0 Å². The fraction of sp³-hybridized carbons (Fsp3) is 0.375. The maximum absolute atomic E-state index is 11.7. The lowest BCUT2D eigenvalue weighted by molar-refractivity contribution is 0.790. The summed E-state index contributed by atoms with van der Waals surface area (Å²) in [5.74, 6) is 0. The Labute approximate surface area is 79.0 Å². The Bertz CT molecular complexity index is 617. The third-order valence-electron chi connectivity index (χ3n) is 2.31. The van der Waals surface area contributed by atoms with Gasteiger partial charge in [0, 0.05) is 21.1 Å². The summed E-state index contributed by atoms with van der Waals surface area (Å²) in [5, 5.41) is 0. The third-order valence-corrected chi connectivity index (χ3v) is 2.31. The maximum Gasteiger partial charge on any atom is 0.329 e. The van der Waals surface area contributed by atoms with Crippen molar-refractivity contribution in [2.45, 2.75) is 0 Å². The van der Waals surface area contributed by atoms with Crippen LogP contribution >= 0.6 is 0 Å². The molecule has 6 nitrogen and oxygen atoms in total. The highest BCUT2D eigenvalue weighted by atomic mass is 16.2. The monoisotopic (exact) mass is 194 g/mol. The van der Waals surface area contributed by atoms with Crippen molar-refractivity contribution in [3.05, 3.63) is 27.2 Å². The lowest BCUT2D eigenvalue weighted by Gasteiger charge is -1.96. The molecule has 6 heteroatoms. The second-order valence-electron chi connectivity index (χ2n) is 3.23. The Morgan fingerprint density at radius 3 is 2.43 bits per heavy atom. The van der Waals surface area contributed by atoms with E-state index in [1.54, 1.807) is 21.1 Å². The summed E-state index contributed by atoms with van der Waals surface area (Å²) in [4.78, 5) is 27.2. The van der Waals surface area contributed by atoms with Crippen LogP contribution in [0.15, 0.2) is 15.9 Å². The van der Waals surface area contributed by atoms with Gasteiger partial charge in [0.1, 0.15) is 0 Å². The molecule has 14 heavy (non-hydrogen) atoms. The molecule has 0 saturated carbocycles.